The van der Waals surface area contributed by atoms with Gasteiger partial charge < -0.3 is 10.5 Å². The third kappa shape index (κ3) is 9.54. The van der Waals surface area contributed by atoms with Crippen LogP contribution < -0.4 is 5.73 Å². The first-order valence-electron chi connectivity index (χ1n) is 7.96. The number of ketones is 1. The number of hydrogen-bond donors (Lipinski definition) is 1. The van der Waals surface area contributed by atoms with Gasteiger partial charge in [0.15, 0.2) is 0 Å². The van der Waals surface area contributed by atoms with Crippen LogP contribution in [0.5, 0.6) is 0 Å². The van der Waals surface area contributed by atoms with Crippen LogP contribution in [0.4, 0.5) is 0 Å². The lowest BCUT2D eigenvalue weighted by Gasteiger charge is -2.25. The van der Waals surface area contributed by atoms with E-state index in [0.29, 0.717) is 12.0 Å². The van der Waals surface area contributed by atoms with Crippen molar-refractivity contribution < 1.29 is 9.59 Å². The summed E-state index contributed by atoms with van der Waals surface area (Å²) in [7, 11) is 0. The number of rotatable bonds is 9. The third-order valence-corrected chi connectivity index (χ3v) is 3.84. The van der Waals surface area contributed by atoms with Gasteiger partial charge >= 0.3 is 0 Å². The molecule has 0 aromatic rings. The lowest BCUT2D eigenvalue weighted by molar-refractivity contribution is -0.119. The number of nitrogens with two attached hydrogens (primary N) is 1. The summed E-state index contributed by atoms with van der Waals surface area (Å²) in [5, 5.41) is 0. The molecule has 0 saturated carbocycles. The number of Topliss-reactive ketones (excluding diaryl/α,β-unsaturated/α-hetero) is 1. The average Bonchev–Trinajstić information content (AvgIpc) is 2.31. The molecule has 3 nitrogen and oxygen atoms in total. The maximum absolute atomic E-state index is 11.3. The van der Waals surface area contributed by atoms with Gasteiger partial charge in [0.05, 0.1) is 0 Å². The van der Waals surface area contributed by atoms with E-state index < -0.39 is 0 Å². The molecular weight excluding hydrogens is 274 g/mol. The SMILES string of the molecule is CC(=O)CC(C)(C)C/C=C(\C)CC(C)(C)C/C=C(\C)C(N)=O. The second kappa shape index (κ2) is 8.30. The first-order chi connectivity index (χ1) is 9.84. The highest BCUT2D eigenvalue weighted by atomic mass is 16.1. The number of amides is 1. The first-order valence-corrected chi connectivity index (χ1v) is 7.96. The third-order valence-electron chi connectivity index (χ3n) is 3.84. The van der Waals surface area contributed by atoms with Crippen molar-refractivity contribution in [1.82, 2.24) is 0 Å². The molecule has 3 heteroatoms. The Labute approximate surface area is 136 Å². The van der Waals surface area contributed by atoms with Gasteiger partial charge in [-0.1, -0.05) is 45.4 Å². The predicted octanol–water partition coefficient (Wildman–Crippen LogP) is 4.57. The van der Waals surface area contributed by atoms with E-state index in [9.17, 15) is 9.59 Å². The van der Waals surface area contributed by atoms with E-state index in [4.69, 9.17) is 5.73 Å². The Bertz CT molecular complexity index is 468. The van der Waals surface area contributed by atoms with Gasteiger partial charge in [0.1, 0.15) is 5.78 Å². The monoisotopic (exact) mass is 307 g/mol. The highest BCUT2D eigenvalue weighted by Crippen LogP contribution is 2.32. The average molecular weight is 307 g/mol. The molecule has 0 fully saturated rings. The maximum Gasteiger partial charge on any atom is 0.244 e. The molecule has 0 aromatic carbocycles. The van der Waals surface area contributed by atoms with Crippen molar-refractivity contribution in [3.63, 3.8) is 0 Å². The molecule has 0 aromatic heterocycles. The molecule has 2 N–H and O–H groups in total. The van der Waals surface area contributed by atoms with Crippen LogP contribution in [-0.4, -0.2) is 11.7 Å². The second-order valence-electron chi connectivity index (χ2n) is 8.09. The molecular formula is C19H33NO2. The molecule has 22 heavy (non-hydrogen) atoms. The minimum Gasteiger partial charge on any atom is -0.366 e. The molecule has 0 radical (unpaired) electrons. The molecule has 0 saturated heterocycles. The zero-order valence-electron chi connectivity index (χ0n) is 15.4. The van der Waals surface area contributed by atoms with E-state index in [2.05, 4.69) is 40.7 Å². The van der Waals surface area contributed by atoms with Crippen LogP contribution in [0.25, 0.3) is 0 Å². The number of primary amides is 1. The van der Waals surface area contributed by atoms with Crippen molar-refractivity contribution in [2.75, 3.05) is 0 Å². The summed E-state index contributed by atoms with van der Waals surface area (Å²) < 4.78 is 0. The van der Waals surface area contributed by atoms with Gasteiger partial charge in [0, 0.05) is 12.0 Å². The van der Waals surface area contributed by atoms with Gasteiger partial charge in [-0.3, -0.25) is 4.79 Å². The Morgan fingerprint density at radius 1 is 0.864 bits per heavy atom. The van der Waals surface area contributed by atoms with Crippen LogP contribution in [-0.2, 0) is 9.59 Å². The largest absolute Gasteiger partial charge is 0.366 e. The summed E-state index contributed by atoms with van der Waals surface area (Å²) >= 11 is 0. The van der Waals surface area contributed by atoms with Gasteiger partial charge in [0.2, 0.25) is 5.91 Å². The number of carbonyl (C=O) groups is 2. The summed E-state index contributed by atoms with van der Waals surface area (Å²) in [4.78, 5) is 22.3. The Kier molecular flexibility index (Phi) is 7.78. The van der Waals surface area contributed by atoms with E-state index >= 15 is 0 Å². The molecule has 0 spiro atoms. The topological polar surface area (TPSA) is 60.2 Å². The fourth-order valence-corrected chi connectivity index (χ4v) is 2.63. The zero-order valence-corrected chi connectivity index (χ0v) is 15.4. The van der Waals surface area contributed by atoms with Crippen LogP contribution in [0.1, 0.15) is 74.1 Å². The molecule has 0 heterocycles. The number of carbonyl (C=O) groups excluding carboxylic acids is 2. The predicted molar refractivity (Wildman–Crippen MR) is 93.4 cm³/mol. The second-order valence-corrected chi connectivity index (χ2v) is 8.09. The highest BCUT2D eigenvalue weighted by Gasteiger charge is 2.20. The fraction of sp³-hybridized carbons (Fsp3) is 0.684. The Morgan fingerprint density at radius 2 is 1.32 bits per heavy atom. The van der Waals surface area contributed by atoms with Crippen LogP contribution in [0.2, 0.25) is 0 Å². The summed E-state index contributed by atoms with van der Waals surface area (Å²) in [5.74, 6) is -0.113. The smallest absolute Gasteiger partial charge is 0.244 e. The van der Waals surface area contributed by atoms with Crippen molar-refractivity contribution >= 4 is 11.7 Å². The Hall–Kier alpha value is -1.38. The van der Waals surface area contributed by atoms with Gasteiger partial charge in [-0.15, -0.1) is 0 Å². The van der Waals surface area contributed by atoms with Crippen LogP contribution >= 0.6 is 0 Å². The van der Waals surface area contributed by atoms with E-state index in [1.54, 1.807) is 13.8 Å². The first kappa shape index (κ1) is 20.6. The fourth-order valence-electron chi connectivity index (χ4n) is 2.63. The molecule has 0 rings (SSSR count). The standard InChI is InChI=1S/C19H33NO2/c1-14(8-10-19(6,7)13-16(3)21)12-18(4,5)11-9-15(2)17(20)22/h8-9H,10-13H2,1-7H3,(H2,20,22)/b14-8+,15-9+. The lowest BCUT2D eigenvalue weighted by atomic mass is 9.80. The minimum atomic E-state index is -0.353. The summed E-state index contributed by atoms with van der Waals surface area (Å²) in [6.45, 7) is 14.2. The van der Waals surface area contributed by atoms with Crippen LogP contribution in [0, 0.1) is 10.8 Å². The summed E-state index contributed by atoms with van der Waals surface area (Å²) in [6.07, 6.45) is 7.48. The maximum atomic E-state index is 11.3. The van der Waals surface area contributed by atoms with Gasteiger partial charge in [0.25, 0.3) is 0 Å². The van der Waals surface area contributed by atoms with Crippen molar-refractivity contribution in [2.45, 2.75) is 74.1 Å². The zero-order chi connectivity index (χ0) is 17.6. The summed E-state index contributed by atoms with van der Waals surface area (Å²) in [5.41, 5.74) is 7.30. The molecule has 126 valence electrons. The van der Waals surface area contributed by atoms with Crippen molar-refractivity contribution in [1.29, 1.82) is 0 Å². The molecule has 0 unspecified atom stereocenters. The molecule has 0 aliphatic rings. The Morgan fingerprint density at radius 3 is 1.77 bits per heavy atom. The van der Waals surface area contributed by atoms with E-state index in [1.165, 1.54) is 5.57 Å². The molecule has 0 aliphatic carbocycles. The highest BCUT2D eigenvalue weighted by molar-refractivity contribution is 5.91. The normalized spacial score (nSPS) is 14.1. The van der Waals surface area contributed by atoms with E-state index in [0.717, 1.165) is 19.3 Å². The van der Waals surface area contributed by atoms with Crippen molar-refractivity contribution in [3.8, 4) is 0 Å². The quantitative estimate of drug-likeness (QED) is 0.501. The molecule has 0 aliphatic heterocycles. The van der Waals surface area contributed by atoms with Gasteiger partial charge in [-0.25, -0.2) is 0 Å². The number of hydrogen-bond acceptors (Lipinski definition) is 2. The molecule has 1 amide bonds. The van der Waals surface area contributed by atoms with Crippen molar-refractivity contribution in [3.05, 3.63) is 23.3 Å². The summed E-state index contributed by atoms with van der Waals surface area (Å²) in [6, 6.07) is 0. The minimum absolute atomic E-state index is 0.0136. The van der Waals surface area contributed by atoms with Gasteiger partial charge in [-0.2, -0.15) is 0 Å². The lowest BCUT2D eigenvalue weighted by Crippen LogP contribution is -2.16. The van der Waals surface area contributed by atoms with Gasteiger partial charge in [-0.05, 0) is 50.9 Å². The van der Waals surface area contributed by atoms with Crippen LogP contribution in [0.3, 0.4) is 0 Å². The molecule has 0 bridgehead atoms. The Balaban J connectivity index is 4.65. The number of allylic oxidation sites excluding steroid dienone is 3. The van der Waals surface area contributed by atoms with Crippen molar-refractivity contribution in [2.24, 2.45) is 16.6 Å². The molecule has 0 atom stereocenters. The van der Waals surface area contributed by atoms with Crippen LogP contribution in [0.15, 0.2) is 23.3 Å². The van der Waals surface area contributed by atoms with E-state index in [1.807, 2.05) is 6.08 Å². The van der Waals surface area contributed by atoms with E-state index in [-0.39, 0.29) is 22.5 Å².